The second-order valence-electron chi connectivity index (χ2n) is 7.60. The summed E-state index contributed by atoms with van der Waals surface area (Å²) in [5, 5.41) is 3.77. The summed E-state index contributed by atoms with van der Waals surface area (Å²) >= 11 is 0. The van der Waals surface area contributed by atoms with Gasteiger partial charge >= 0.3 is 0 Å². The Hall–Kier alpha value is -4.00. The van der Waals surface area contributed by atoms with Crippen LogP contribution in [0.2, 0.25) is 0 Å². The van der Waals surface area contributed by atoms with Crippen LogP contribution in [-0.4, -0.2) is 40.9 Å². The number of fused-ring (bicyclic) bond motifs is 1. The standard InChI is InChI=1S/C24H19N3O4/c1-15-13-21(25-31-15)27-23(29)19-8-7-18(14-20(19)24(27)30)22(28)26-11-9-17(10-12-26)16-5-3-2-4-6-16/h2-9,13-14H,10-12H2,1H3. The molecule has 7 heteroatoms. The predicted octanol–water partition coefficient (Wildman–Crippen LogP) is 3.71. The van der Waals surface area contributed by atoms with Gasteiger partial charge in [-0.3, -0.25) is 14.4 Å². The summed E-state index contributed by atoms with van der Waals surface area (Å²) in [7, 11) is 0. The largest absolute Gasteiger partial charge is 0.360 e. The molecule has 3 aromatic rings. The highest BCUT2D eigenvalue weighted by Crippen LogP contribution is 2.29. The summed E-state index contributed by atoms with van der Waals surface area (Å²) in [6.45, 7) is 2.77. The molecule has 0 radical (unpaired) electrons. The van der Waals surface area contributed by atoms with Crippen LogP contribution in [0.5, 0.6) is 0 Å². The Morgan fingerprint density at radius 1 is 1.00 bits per heavy atom. The number of anilines is 1. The minimum absolute atomic E-state index is 0.145. The Labute approximate surface area is 178 Å². The Kier molecular flexibility index (Phi) is 4.51. The number of carbonyl (C=O) groups is 3. The highest BCUT2D eigenvalue weighted by atomic mass is 16.5. The number of carbonyl (C=O) groups excluding carboxylic acids is 3. The molecule has 0 fully saturated rings. The number of amides is 3. The summed E-state index contributed by atoms with van der Waals surface area (Å²) in [6.07, 6.45) is 2.82. The minimum atomic E-state index is -0.507. The van der Waals surface area contributed by atoms with Crippen molar-refractivity contribution in [2.24, 2.45) is 0 Å². The number of aromatic nitrogens is 1. The van der Waals surface area contributed by atoms with Gasteiger partial charge in [-0.05, 0) is 42.7 Å². The molecule has 7 nitrogen and oxygen atoms in total. The van der Waals surface area contributed by atoms with Crippen LogP contribution >= 0.6 is 0 Å². The van der Waals surface area contributed by atoms with E-state index in [2.05, 4.69) is 23.4 Å². The fraction of sp³-hybridized carbons (Fsp3) is 0.167. The third-order valence-electron chi connectivity index (χ3n) is 5.62. The molecule has 0 bridgehead atoms. The van der Waals surface area contributed by atoms with Crippen molar-refractivity contribution >= 4 is 29.1 Å². The van der Waals surface area contributed by atoms with E-state index in [1.165, 1.54) is 29.3 Å². The quantitative estimate of drug-likeness (QED) is 0.611. The summed E-state index contributed by atoms with van der Waals surface area (Å²) in [4.78, 5) is 41.3. The van der Waals surface area contributed by atoms with Crippen LogP contribution in [0.1, 0.15) is 48.8 Å². The molecular weight excluding hydrogens is 394 g/mol. The highest BCUT2D eigenvalue weighted by molar-refractivity contribution is 6.34. The van der Waals surface area contributed by atoms with Crippen molar-refractivity contribution in [1.82, 2.24) is 10.1 Å². The molecule has 1 aromatic heterocycles. The zero-order valence-electron chi connectivity index (χ0n) is 16.9. The van der Waals surface area contributed by atoms with Gasteiger partial charge in [-0.25, -0.2) is 4.90 Å². The molecule has 2 aliphatic heterocycles. The van der Waals surface area contributed by atoms with Gasteiger partial charge in [-0.2, -0.15) is 0 Å². The van der Waals surface area contributed by atoms with E-state index in [1.807, 2.05) is 18.2 Å². The van der Waals surface area contributed by atoms with E-state index in [1.54, 1.807) is 17.9 Å². The van der Waals surface area contributed by atoms with Crippen molar-refractivity contribution < 1.29 is 18.9 Å². The number of hydrogen-bond acceptors (Lipinski definition) is 5. The lowest BCUT2D eigenvalue weighted by atomic mass is 9.98. The van der Waals surface area contributed by atoms with Crippen molar-refractivity contribution in [3.8, 4) is 0 Å². The Balaban J connectivity index is 1.37. The lowest BCUT2D eigenvalue weighted by Crippen LogP contribution is -2.34. The molecule has 31 heavy (non-hydrogen) atoms. The van der Waals surface area contributed by atoms with E-state index in [0.717, 1.165) is 11.3 Å². The summed E-state index contributed by atoms with van der Waals surface area (Å²) in [5.74, 6) is -0.502. The number of nitrogens with zero attached hydrogens (tertiary/aromatic N) is 3. The van der Waals surface area contributed by atoms with Crippen molar-refractivity contribution in [1.29, 1.82) is 0 Å². The van der Waals surface area contributed by atoms with E-state index in [9.17, 15) is 14.4 Å². The van der Waals surface area contributed by atoms with Gasteiger partial charge in [0.05, 0.1) is 11.1 Å². The van der Waals surface area contributed by atoms with Crippen molar-refractivity contribution in [2.75, 3.05) is 18.0 Å². The number of hydrogen-bond donors (Lipinski definition) is 0. The molecule has 2 aromatic carbocycles. The van der Waals surface area contributed by atoms with Gasteiger partial charge in [-0.1, -0.05) is 41.6 Å². The summed E-state index contributed by atoms with van der Waals surface area (Å²) < 4.78 is 4.99. The van der Waals surface area contributed by atoms with Gasteiger partial charge < -0.3 is 9.42 Å². The first-order valence-electron chi connectivity index (χ1n) is 10.0. The van der Waals surface area contributed by atoms with Crippen LogP contribution < -0.4 is 4.90 Å². The molecule has 0 saturated heterocycles. The zero-order chi connectivity index (χ0) is 21.5. The highest BCUT2D eigenvalue weighted by Gasteiger charge is 2.39. The third kappa shape index (κ3) is 3.24. The predicted molar refractivity (Wildman–Crippen MR) is 114 cm³/mol. The molecule has 3 heterocycles. The normalized spacial score (nSPS) is 15.8. The van der Waals surface area contributed by atoms with Crippen molar-refractivity contribution in [2.45, 2.75) is 13.3 Å². The van der Waals surface area contributed by atoms with E-state index >= 15 is 0 Å². The van der Waals surface area contributed by atoms with Crippen LogP contribution in [0, 0.1) is 6.92 Å². The molecule has 0 saturated carbocycles. The number of imide groups is 1. The Morgan fingerprint density at radius 3 is 2.45 bits per heavy atom. The molecular formula is C24H19N3O4. The van der Waals surface area contributed by atoms with Gasteiger partial charge in [0, 0.05) is 24.7 Å². The van der Waals surface area contributed by atoms with Gasteiger partial charge in [0.25, 0.3) is 17.7 Å². The van der Waals surface area contributed by atoms with Crippen LogP contribution in [0.4, 0.5) is 5.82 Å². The molecule has 5 rings (SSSR count). The van der Waals surface area contributed by atoms with Crippen molar-refractivity contribution in [3.63, 3.8) is 0 Å². The zero-order valence-corrected chi connectivity index (χ0v) is 16.9. The maximum absolute atomic E-state index is 13.0. The molecule has 0 aliphatic carbocycles. The molecule has 0 spiro atoms. The van der Waals surface area contributed by atoms with Gasteiger partial charge in [0.1, 0.15) is 5.76 Å². The van der Waals surface area contributed by atoms with Crippen LogP contribution in [0.15, 0.2) is 65.2 Å². The van der Waals surface area contributed by atoms with E-state index < -0.39 is 11.8 Å². The lowest BCUT2D eigenvalue weighted by molar-refractivity contribution is 0.0772. The average molecular weight is 413 g/mol. The van der Waals surface area contributed by atoms with Crippen molar-refractivity contribution in [3.05, 3.63) is 88.7 Å². The first-order chi connectivity index (χ1) is 15.0. The second-order valence-corrected chi connectivity index (χ2v) is 7.60. The molecule has 0 atom stereocenters. The smallest absolute Gasteiger partial charge is 0.267 e. The fourth-order valence-corrected chi connectivity index (χ4v) is 3.99. The van der Waals surface area contributed by atoms with Gasteiger partial charge in [-0.15, -0.1) is 0 Å². The van der Waals surface area contributed by atoms with E-state index in [-0.39, 0.29) is 22.9 Å². The lowest BCUT2D eigenvalue weighted by Gasteiger charge is -2.27. The SMILES string of the molecule is Cc1cc(N2C(=O)c3ccc(C(=O)N4CC=C(c5ccccc5)CC4)cc3C2=O)no1. The van der Waals surface area contributed by atoms with Crippen LogP contribution in [0.3, 0.4) is 0 Å². The summed E-state index contributed by atoms with van der Waals surface area (Å²) in [5.41, 5.74) is 3.23. The minimum Gasteiger partial charge on any atom is -0.360 e. The number of aryl methyl sites for hydroxylation is 1. The van der Waals surface area contributed by atoms with Crippen LogP contribution in [-0.2, 0) is 0 Å². The maximum Gasteiger partial charge on any atom is 0.267 e. The number of rotatable bonds is 3. The first kappa shape index (κ1) is 19.0. The monoisotopic (exact) mass is 413 g/mol. The van der Waals surface area contributed by atoms with Gasteiger partial charge in [0.2, 0.25) is 0 Å². The van der Waals surface area contributed by atoms with E-state index in [4.69, 9.17) is 4.52 Å². The fourth-order valence-electron chi connectivity index (χ4n) is 3.99. The first-order valence-corrected chi connectivity index (χ1v) is 10.0. The summed E-state index contributed by atoms with van der Waals surface area (Å²) in [6, 6.07) is 16.3. The molecule has 3 amide bonds. The Bertz CT molecular complexity index is 1240. The molecule has 154 valence electrons. The van der Waals surface area contributed by atoms with E-state index in [0.29, 0.717) is 24.4 Å². The maximum atomic E-state index is 13.0. The molecule has 0 unspecified atom stereocenters. The third-order valence-corrected chi connectivity index (χ3v) is 5.62. The number of benzene rings is 2. The van der Waals surface area contributed by atoms with Gasteiger partial charge in [0.15, 0.2) is 5.82 Å². The van der Waals surface area contributed by atoms with Crippen LogP contribution in [0.25, 0.3) is 5.57 Å². The molecule has 0 N–H and O–H groups in total. The topological polar surface area (TPSA) is 83.7 Å². The second kappa shape index (κ2) is 7.36. The average Bonchev–Trinajstić information content (AvgIpc) is 3.34. The molecule has 2 aliphatic rings. The Morgan fingerprint density at radius 2 is 1.77 bits per heavy atom.